The van der Waals surface area contributed by atoms with E-state index in [-0.39, 0.29) is 0 Å². The molecule has 0 aromatic heterocycles. The fourth-order valence-electron chi connectivity index (χ4n) is 0.849. The second kappa shape index (κ2) is 5.09. The largest absolute Gasteiger partial charge is 0.458 e. The maximum absolute atomic E-state index is 11.7. The van der Waals surface area contributed by atoms with Gasteiger partial charge in [0, 0.05) is 6.54 Å². The Hall–Kier alpha value is -1.13. The standard InChI is InChI=1S/C11H20N2O2/c1-5-11(13,7-6-8-12)9(14)15-10(2,3)4/h5-7H,1,8,12-13H2,2-4H3/b7-6+. The molecule has 0 aliphatic heterocycles. The highest BCUT2D eigenvalue weighted by atomic mass is 16.6. The number of carbonyl (C=O) groups is 1. The third kappa shape index (κ3) is 4.76. The zero-order valence-corrected chi connectivity index (χ0v) is 9.62. The molecule has 0 rings (SSSR count). The Morgan fingerprint density at radius 1 is 1.47 bits per heavy atom. The van der Waals surface area contributed by atoms with E-state index in [1.807, 2.05) is 0 Å². The van der Waals surface area contributed by atoms with Crippen LogP contribution in [0.2, 0.25) is 0 Å². The fraction of sp³-hybridized carbons (Fsp3) is 0.545. The number of carbonyl (C=O) groups excluding carboxylic acids is 1. The van der Waals surface area contributed by atoms with Crippen LogP contribution < -0.4 is 11.5 Å². The van der Waals surface area contributed by atoms with Crippen molar-refractivity contribution in [1.29, 1.82) is 0 Å². The van der Waals surface area contributed by atoms with E-state index < -0.39 is 17.1 Å². The molecule has 1 atom stereocenters. The van der Waals surface area contributed by atoms with E-state index in [9.17, 15) is 4.79 Å². The molecule has 0 fully saturated rings. The lowest BCUT2D eigenvalue weighted by molar-refractivity contribution is -0.157. The first-order valence-electron chi connectivity index (χ1n) is 4.79. The van der Waals surface area contributed by atoms with Gasteiger partial charge < -0.3 is 16.2 Å². The van der Waals surface area contributed by atoms with Gasteiger partial charge in [0.25, 0.3) is 0 Å². The van der Waals surface area contributed by atoms with Gasteiger partial charge in [-0.05, 0) is 20.8 Å². The molecule has 0 saturated heterocycles. The quantitative estimate of drug-likeness (QED) is 0.532. The van der Waals surface area contributed by atoms with Crippen LogP contribution in [0.4, 0.5) is 0 Å². The van der Waals surface area contributed by atoms with Crippen molar-refractivity contribution in [3.63, 3.8) is 0 Å². The number of ether oxygens (including phenoxy) is 1. The summed E-state index contributed by atoms with van der Waals surface area (Å²) in [6.07, 6.45) is 4.44. The minimum Gasteiger partial charge on any atom is -0.458 e. The maximum atomic E-state index is 11.7. The SMILES string of the molecule is C=CC(N)(/C=C/CN)C(=O)OC(C)(C)C. The van der Waals surface area contributed by atoms with Gasteiger partial charge in [-0.15, -0.1) is 6.58 Å². The lowest BCUT2D eigenvalue weighted by Gasteiger charge is -2.26. The Morgan fingerprint density at radius 3 is 2.33 bits per heavy atom. The summed E-state index contributed by atoms with van der Waals surface area (Å²) in [5, 5.41) is 0. The van der Waals surface area contributed by atoms with Crippen molar-refractivity contribution in [3.05, 3.63) is 24.8 Å². The van der Waals surface area contributed by atoms with Gasteiger partial charge >= 0.3 is 5.97 Å². The summed E-state index contributed by atoms with van der Waals surface area (Å²) in [5.74, 6) is -0.533. The topological polar surface area (TPSA) is 78.3 Å². The monoisotopic (exact) mass is 212 g/mol. The summed E-state index contributed by atoms with van der Waals surface area (Å²) in [4.78, 5) is 11.7. The molecule has 15 heavy (non-hydrogen) atoms. The molecule has 86 valence electrons. The van der Waals surface area contributed by atoms with Gasteiger partial charge in [-0.1, -0.05) is 18.2 Å². The van der Waals surface area contributed by atoms with Gasteiger partial charge in [0.2, 0.25) is 0 Å². The molecule has 0 aliphatic carbocycles. The van der Waals surface area contributed by atoms with E-state index in [0.29, 0.717) is 6.54 Å². The fourth-order valence-corrected chi connectivity index (χ4v) is 0.849. The Kier molecular flexibility index (Phi) is 4.71. The van der Waals surface area contributed by atoms with Crippen LogP contribution in [-0.4, -0.2) is 23.7 Å². The summed E-state index contributed by atoms with van der Waals surface area (Å²) >= 11 is 0. The minimum absolute atomic E-state index is 0.315. The average molecular weight is 212 g/mol. The van der Waals surface area contributed by atoms with Crippen LogP contribution in [-0.2, 0) is 9.53 Å². The average Bonchev–Trinajstić information content (AvgIpc) is 2.11. The molecular weight excluding hydrogens is 192 g/mol. The van der Waals surface area contributed by atoms with E-state index >= 15 is 0 Å². The van der Waals surface area contributed by atoms with Gasteiger partial charge in [-0.3, -0.25) is 0 Å². The van der Waals surface area contributed by atoms with Crippen LogP contribution in [0.15, 0.2) is 24.8 Å². The van der Waals surface area contributed by atoms with E-state index in [2.05, 4.69) is 6.58 Å². The summed E-state index contributed by atoms with van der Waals surface area (Å²) in [6.45, 7) is 9.17. The van der Waals surface area contributed by atoms with Crippen molar-refractivity contribution in [2.24, 2.45) is 11.5 Å². The molecule has 0 aliphatic rings. The molecule has 0 amide bonds. The first kappa shape index (κ1) is 13.9. The Morgan fingerprint density at radius 2 is 2.00 bits per heavy atom. The number of hydrogen-bond acceptors (Lipinski definition) is 4. The minimum atomic E-state index is -1.30. The molecular formula is C11H20N2O2. The van der Waals surface area contributed by atoms with Crippen molar-refractivity contribution in [3.8, 4) is 0 Å². The van der Waals surface area contributed by atoms with Crippen molar-refractivity contribution in [2.75, 3.05) is 6.54 Å². The molecule has 4 heteroatoms. The number of nitrogens with two attached hydrogens (primary N) is 2. The predicted molar refractivity (Wildman–Crippen MR) is 61.2 cm³/mol. The van der Waals surface area contributed by atoms with Crippen LogP contribution in [0.1, 0.15) is 20.8 Å². The molecule has 0 spiro atoms. The van der Waals surface area contributed by atoms with Gasteiger partial charge in [0.1, 0.15) is 5.60 Å². The normalized spacial score (nSPS) is 16.1. The molecule has 0 aromatic carbocycles. The third-order valence-electron chi connectivity index (χ3n) is 1.62. The molecule has 4 nitrogen and oxygen atoms in total. The van der Waals surface area contributed by atoms with Crippen LogP contribution in [0.3, 0.4) is 0 Å². The van der Waals surface area contributed by atoms with Crippen molar-refractivity contribution in [1.82, 2.24) is 0 Å². The zero-order valence-electron chi connectivity index (χ0n) is 9.62. The Bertz CT molecular complexity index is 266. The second-order valence-electron chi connectivity index (χ2n) is 4.28. The van der Waals surface area contributed by atoms with Crippen LogP contribution >= 0.6 is 0 Å². The number of hydrogen-bond donors (Lipinski definition) is 2. The molecule has 1 unspecified atom stereocenters. The highest BCUT2D eigenvalue weighted by Crippen LogP contribution is 2.14. The molecule has 0 heterocycles. The lowest BCUT2D eigenvalue weighted by Crippen LogP contribution is -2.47. The van der Waals surface area contributed by atoms with Crippen LogP contribution in [0.25, 0.3) is 0 Å². The maximum Gasteiger partial charge on any atom is 0.334 e. The molecule has 0 radical (unpaired) electrons. The highest BCUT2D eigenvalue weighted by molar-refractivity contribution is 5.86. The van der Waals surface area contributed by atoms with Crippen molar-refractivity contribution >= 4 is 5.97 Å². The van der Waals surface area contributed by atoms with E-state index in [1.54, 1.807) is 26.8 Å². The second-order valence-corrected chi connectivity index (χ2v) is 4.28. The Balaban J connectivity index is 4.74. The third-order valence-corrected chi connectivity index (χ3v) is 1.62. The van der Waals surface area contributed by atoms with Gasteiger partial charge in [-0.25, -0.2) is 4.79 Å². The smallest absolute Gasteiger partial charge is 0.334 e. The zero-order chi connectivity index (χ0) is 12.1. The number of esters is 1. The molecule has 0 saturated carbocycles. The van der Waals surface area contributed by atoms with E-state index in [1.165, 1.54) is 12.2 Å². The summed E-state index contributed by atoms with van der Waals surface area (Å²) in [6, 6.07) is 0. The number of rotatable bonds is 4. The van der Waals surface area contributed by atoms with Crippen molar-refractivity contribution < 1.29 is 9.53 Å². The predicted octanol–water partition coefficient (Wildman–Crippen LogP) is 0.726. The van der Waals surface area contributed by atoms with E-state index in [0.717, 1.165) is 0 Å². The Labute approximate surface area is 91.0 Å². The van der Waals surface area contributed by atoms with E-state index in [4.69, 9.17) is 16.2 Å². The molecule has 0 aromatic rings. The molecule has 0 bridgehead atoms. The van der Waals surface area contributed by atoms with Crippen molar-refractivity contribution in [2.45, 2.75) is 31.9 Å². The summed E-state index contributed by atoms with van der Waals surface area (Å²) in [5.41, 5.74) is 9.22. The lowest BCUT2D eigenvalue weighted by atomic mass is 10.0. The first-order chi connectivity index (χ1) is 6.75. The van der Waals surface area contributed by atoms with Gasteiger partial charge in [-0.2, -0.15) is 0 Å². The summed E-state index contributed by atoms with van der Waals surface area (Å²) < 4.78 is 5.16. The molecule has 4 N–H and O–H groups in total. The van der Waals surface area contributed by atoms with Gasteiger partial charge in [0.05, 0.1) is 0 Å². The van der Waals surface area contributed by atoms with Crippen LogP contribution in [0.5, 0.6) is 0 Å². The van der Waals surface area contributed by atoms with Crippen LogP contribution in [0, 0.1) is 0 Å². The van der Waals surface area contributed by atoms with Gasteiger partial charge in [0.15, 0.2) is 5.54 Å². The highest BCUT2D eigenvalue weighted by Gasteiger charge is 2.32. The summed E-state index contributed by atoms with van der Waals surface area (Å²) in [7, 11) is 0. The first-order valence-corrected chi connectivity index (χ1v) is 4.79.